The molecule has 0 aliphatic heterocycles. The third-order valence-corrected chi connectivity index (χ3v) is 4.81. The first-order valence-electron chi connectivity index (χ1n) is 8.39. The van der Waals surface area contributed by atoms with Crippen LogP contribution in [0.15, 0.2) is 41.8 Å². The lowest BCUT2D eigenvalue weighted by Crippen LogP contribution is -2.47. The summed E-state index contributed by atoms with van der Waals surface area (Å²) < 4.78 is 5.26. The fraction of sp³-hybridized carbons (Fsp3) is 0.316. The van der Waals surface area contributed by atoms with E-state index in [1.807, 2.05) is 0 Å². The first-order chi connectivity index (χ1) is 12.8. The van der Waals surface area contributed by atoms with Gasteiger partial charge in [0.05, 0.1) is 4.88 Å². The Morgan fingerprint density at radius 2 is 1.85 bits per heavy atom. The summed E-state index contributed by atoms with van der Waals surface area (Å²) >= 11 is 7.16. The van der Waals surface area contributed by atoms with Crippen LogP contribution in [-0.2, 0) is 14.3 Å². The maximum absolute atomic E-state index is 12.5. The molecule has 0 fully saturated rings. The van der Waals surface area contributed by atoms with Crippen LogP contribution in [0.2, 0.25) is 5.02 Å². The highest BCUT2D eigenvalue weighted by atomic mass is 35.5. The van der Waals surface area contributed by atoms with Crippen LogP contribution in [0.4, 0.5) is 5.69 Å². The van der Waals surface area contributed by atoms with Gasteiger partial charge in [-0.3, -0.25) is 9.59 Å². The van der Waals surface area contributed by atoms with Crippen LogP contribution < -0.4 is 10.6 Å². The van der Waals surface area contributed by atoms with Gasteiger partial charge in [0.25, 0.3) is 11.8 Å². The molecule has 0 aliphatic carbocycles. The lowest BCUT2D eigenvalue weighted by Gasteiger charge is -2.22. The second kappa shape index (κ2) is 9.53. The van der Waals surface area contributed by atoms with E-state index >= 15 is 0 Å². The van der Waals surface area contributed by atoms with Crippen molar-refractivity contribution < 1.29 is 19.1 Å². The highest BCUT2D eigenvalue weighted by Gasteiger charge is 2.29. The number of nitrogens with one attached hydrogen (secondary N) is 2. The number of ether oxygens (including phenoxy) is 1. The maximum Gasteiger partial charge on any atom is 0.329 e. The summed E-state index contributed by atoms with van der Waals surface area (Å²) in [5.41, 5.74) is 0.502. The number of hydrogen-bond acceptors (Lipinski definition) is 5. The summed E-state index contributed by atoms with van der Waals surface area (Å²) in [6, 6.07) is 9.21. The fourth-order valence-electron chi connectivity index (χ4n) is 2.23. The largest absolute Gasteiger partial charge is 0.451 e. The van der Waals surface area contributed by atoms with E-state index in [-0.39, 0.29) is 11.8 Å². The van der Waals surface area contributed by atoms with E-state index in [1.165, 1.54) is 18.3 Å². The Bertz CT molecular complexity index is 808. The molecule has 1 heterocycles. The number of thiophene rings is 1. The standard InChI is InChI=1S/C19H21ClN2O4S/c1-11(2)16(22-18(24)15-8-5-9-27-15)19(25)26-12(3)17(23)21-14-7-4-6-13(20)10-14/h4-12,16H,1-3H3,(H,21,23)(H,22,24)/t12-,16+/m1/s1. The highest BCUT2D eigenvalue weighted by molar-refractivity contribution is 7.12. The van der Waals surface area contributed by atoms with E-state index in [9.17, 15) is 14.4 Å². The second-order valence-electron chi connectivity index (χ2n) is 6.25. The molecule has 0 spiro atoms. The van der Waals surface area contributed by atoms with Gasteiger partial charge in [-0.1, -0.05) is 37.6 Å². The van der Waals surface area contributed by atoms with Crippen molar-refractivity contribution in [2.75, 3.05) is 5.32 Å². The molecule has 0 bridgehead atoms. The molecule has 1 aromatic heterocycles. The molecule has 2 atom stereocenters. The minimum atomic E-state index is -1.03. The Morgan fingerprint density at radius 1 is 1.11 bits per heavy atom. The monoisotopic (exact) mass is 408 g/mol. The summed E-state index contributed by atoms with van der Waals surface area (Å²) in [6.45, 7) is 5.05. The molecule has 2 aromatic rings. The first kappa shape index (κ1) is 20.9. The number of rotatable bonds is 7. The number of carbonyl (C=O) groups excluding carboxylic acids is 3. The third-order valence-electron chi connectivity index (χ3n) is 3.71. The van der Waals surface area contributed by atoms with E-state index < -0.39 is 24.0 Å². The fourth-order valence-corrected chi connectivity index (χ4v) is 3.05. The van der Waals surface area contributed by atoms with Gasteiger partial charge in [-0.25, -0.2) is 4.79 Å². The van der Waals surface area contributed by atoms with Gasteiger partial charge in [-0.15, -0.1) is 11.3 Å². The van der Waals surface area contributed by atoms with Crippen LogP contribution in [0.3, 0.4) is 0 Å². The number of carbonyl (C=O) groups is 3. The molecule has 6 nitrogen and oxygen atoms in total. The van der Waals surface area contributed by atoms with Crippen LogP contribution in [0, 0.1) is 5.92 Å². The van der Waals surface area contributed by atoms with E-state index in [4.69, 9.17) is 16.3 Å². The molecule has 0 radical (unpaired) electrons. The second-order valence-corrected chi connectivity index (χ2v) is 7.64. The molecule has 0 saturated heterocycles. The smallest absolute Gasteiger partial charge is 0.329 e. The number of hydrogen-bond donors (Lipinski definition) is 2. The predicted molar refractivity (Wildman–Crippen MR) is 106 cm³/mol. The zero-order chi connectivity index (χ0) is 20.0. The molecule has 2 rings (SSSR count). The van der Waals surface area contributed by atoms with E-state index in [2.05, 4.69) is 10.6 Å². The van der Waals surface area contributed by atoms with Crippen molar-refractivity contribution in [3.05, 3.63) is 51.7 Å². The molecule has 27 heavy (non-hydrogen) atoms. The van der Waals surface area contributed by atoms with Crippen molar-refractivity contribution in [1.29, 1.82) is 0 Å². The molecular formula is C19H21ClN2O4S. The summed E-state index contributed by atoms with van der Waals surface area (Å²) in [5.74, 6) is -1.71. The van der Waals surface area contributed by atoms with Crippen LogP contribution in [0.1, 0.15) is 30.4 Å². The number of esters is 1. The van der Waals surface area contributed by atoms with Crippen molar-refractivity contribution in [2.24, 2.45) is 5.92 Å². The van der Waals surface area contributed by atoms with Gasteiger partial charge in [0, 0.05) is 10.7 Å². The summed E-state index contributed by atoms with van der Waals surface area (Å²) in [5, 5.41) is 7.56. The van der Waals surface area contributed by atoms with Crippen molar-refractivity contribution in [3.8, 4) is 0 Å². The topological polar surface area (TPSA) is 84.5 Å². The van der Waals surface area contributed by atoms with Gasteiger partial charge in [-0.05, 0) is 42.5 Å². The van der Waals surface area contributed by atoms with Gasteiger partial charge in [0.2, 0.25) is 0 Å². The predicted octanol–water partition coefficient (Wildman–Crippen LogP) is 3.73. The number of halogens is 1. The van der Waals surface area contributed by atoms with Crippen LogP contribution in [0.25, 0.3) is 0 Å². The van der Waals surface area contributed by atoms with Gasteiger partial charge >= 0.3 is 5.97 Å². The number of benzene rings is 1. The minimum absolute atomic E-state index is 0.204. The summed E-state index contributed by atoms with van der Waals surface area (Å²) in [4.78, 5) is 37.4. The van der Waals surface area contributed by atoms with Crippen molar-refractivity contribution in [3.63, 3.8) is 0 Å². The summed E-state index contributed by atoms with van der Waals surface area (Å²) in [7, 11) is 0. The van der Waals surface area contributed by atoms with Crippen LogP contribution in [-0.4, -0.2) is 29.9 Å². The van der Waals surface area contributed by atoms with Gasteiger partial charge in [0.1, 0.15) is 6.04 Å². The average molecular weight is 409 g/mol. The quantitative estimate of drug-likeness (QED) is 0.683. The normalized spacial score (nSPS) is 12.9. The van der Waals surface area contributed by atoms with E-state index in [1.54, 1.807) is 55.6 Å². The molecular weight excluding hydrogens is 388 g/mol. The van der Waals surface area contributed by atoms with Crippen molar-refractivity contribution in [1.82, 2.24) is 5.32 Å². The summed E-state index contributed by atoms with van der Waals surface area (Å²) in [6.07, 6.45) is -1.03. The molecule has 144 valence electrons. The Balaban J connectivity index is 1.97. The molecule has 1 aromatic carbocycles. The molecule has 8 heteroatoms. The lowest BCUT2D eigenvalue weighted by atomic mass is 10.0. The SMILES string of the molecule is CC(C)[C@H](NC(=O)c1cccs1)C(=O)O[C@H](C)C(=O)Nc1cccc(Cl)c1. The Morgan fingerprint density at radius 3 is 2.44 bits per heavy atom. The molecule has 2 N–H and O–H groups in total. The van der Waals surface area contributed by atoms with Crippen LogP contribution in [0.5, 0.6) is 0 Å². The Kier molecular flexibility index (Phi) is 7.38. The van der Waals surface area contributed by atoms with Gasteiger partial charge in [-0.2, -0.15) is 0 Å². The van der Waals surface area contributed by atoms with Crippen molar-refractivity contribution >= 4 is 46.4 Å². The zero-order valence-corrected chi connectivity index (χ0v) is 16.8. The minimum Gasteiger partial charge on any atom is -0.451 e. The maximum atomic E-state index is 12.5. The average Bonchev–Trinajstić information content (AvgIpc) is 3.13. The Hall–Kier alpha value is -2.38. The van der Waals surface area contributed by atoms with E-state index in [0.717, 1.165) is 0 Å². The van der Waals surface area contributed by atoms with Crippen LogP contribution >= 0.6 is 22.9 Å². The number of anilines is 1. The van der Waals surface area contributed by atoms with Gasteiger partial charge in [0.15, 0.2) is 6.10 Å². The first-order valence-corrected chi connectivity index (χ1v) is 9.65. The lowest BCUT2D eigenvalue weighted by molar-refractivity contribution is -0.156. The molecule has 0 unspecified atom stereocenters. The third kappa shape index (κ3) is 6.08. The highest BCUT2D eigenvalue weighted by Crippen LogP contribution is 2.16. The zero-order valence-electron chi connectivity index (χ0n) is 15.2. The van der Waals surface area contributed by atoms with E-state index in [0.29, 0.717) is 15.6 Å². The Labute approximate surface area is 166 Å². The van der Waals surface area contributed by atoms with Gasteiger partial charge < -0.3 is 15.4 Å². The molecule has 0 aliphatic rings. The molecule has 0 saturated carbocycles. The number of amides is 2. The van der Waals surface area contributed by atoms with Crippen molar-refractivity contribution in [2.45, 2.75) is 32.9 Å². The molecule has 2 amide bonds.